The van der Waals surface area contributed by atoms with E-state index in [9.17, 15) is 14.0 Å². The van der Waals surface area contributed by atoms with Gasteiger partial charge in [-0.25, -0.2) is 9.18 Å². The summed E-state index contributed by atoms with van der Waals surface area (Å²) >= 11 is 0. The zero-order valence-electron chi connectivity index (χ0n) is 12.2. The predicted molar refractivity (Wildman–Crippen MR) is 79.8 cm³/mol. The summed E-state index contributed by atoms with van der Waals surface area (Å²) in [7, 11) is 0. The molecule has 0 aromatic heterocycles. The number of Topliss-reactive ketones (excluding diaryl/α,β-unsaturated/α-hetero) is 1. The Morgan fingerprint density at radius 3 is 2.68 bits per heavy atom. The van der Waals surface area contributed by atoms with Gasteiger partial charge in [0.05, 0.1) is 11.1 Å². The number of benzene rings is 2. The topological polar surface area (TPSA) is 43.4 Å². The molecular formula is C18H15FO3. The van der Waals surface area contributed by atoms with E-state index in [0.717, 1.165) is 24.0 Å². The van der Waals surface area contributed by atoms with Crippen molar-refractivity contribution in [3.63, 3.8) is 0 Å². The van der Waals surface area contributed by atoms with Gasteiger partial charge >= 0.3 is 5.97 Å². The average Bonchev–Trinajstić information content (AvgIpc) is 2.51. The van der Waals surface area contributed by atoms with Crippen LogP contribution >= 0.6 is 0 Å². The maximum Gasteiger partial charge on any atom is 0.346 e. The molecule has 0 fully saturated rings. The lowest BCUT2D eigenvalue weighted by Crippen LogP contribution is -2.17. The molecule has 0 atom stereocenters. The molecule has 0 spiro atoms. The number of ether oxygens (including phenoxy) is 1. The Morgan fingerprint density at radius 2 is 1.91 bits per heavy atom. The molecule has 2 aromatic carbocycles. The van der Waals surface area contributed by atoms with Gasteiger partial charge in [0.15, 0.2) is 5.78 Å². The SMILES string of the molecule is Cc1ccc(OC(=O)c2ccccc2F)c2c1CCCC2=O. The Kier molecular flexibility index (Phi) is 3.75. The summed E-state index contributed by atoms with van der Waals surface area (Å²) in [6.07, 6.45) is 2.04. The van der Waals surface area contributed by atoms with Gasteiger partial charge in [0, 0.05) is 6.42 Å². The van der Waals surface area contributed by atoms with Crippen LogP contribution in [0.15, 0.2) is 36.4 Å². The summed E-state index contributed by atoms with van der Waals surface area (Å²) in [5.74, 6) is -1.23. The van der Waals surface area contributed by atoms with E-state index >= 15 is 0 Å². The van der Waals surface area contributed by atoms with Crippen molar-refractivity contribution in [3.05, 3.63) is 64.5 Å². The molecule has 3 rings (SSSR count). The van der Waals surface area contributed by atoms with Gasteiger partial charge in [-0.3, -0.25) is 4.79 Å². The van der Waals surface area contributed by atoms with E-state index in [2.05, 4.69) is 0 Å². The number of carbonyl (C=O) groups is 2. The number of fused-ring (bicyclic) bond motifs is 1. The summed E-state index contributed by atoms with van der Waals surface area (Å²) in [6.45, 7) is 1.93. The van der Waals surface area contributed by atoms with E-state index in [-0.39, 0.29) is 17.1 Å². The van der Waals surface area contributed by atoms with Gasteiger partial charge in [-0.05, 0) is 49.1 Å². The van der Waals surface area contributed by atoms with Crippen molar-refractivity contribution >= 4 is 11.8 Å². The van der Waals surface area contributed by atoms with Gasteiger partial charge in [-0.2, -0.15) is 0 Å². The van der Waals surface area contributed by atoms with Gasteiger partial charge in [-0.15, -0.1) is 0 Å². The highest BCUT2D eigenvalue weighted by Gasteiger charge is 2.25. The minimum atomic E-state index is -0.789. The van der Waals surface area contributed by atoms with E-state index in [1.165, 1.54) is 18.2 Å². The summed E-state index contributed by atoms with van der Waals surface area (Å²) in [4.78, 5) is 24.3. The van der Waals surface area contributed by atoms with Crippen molar-refractivity contribution in [1.29, 1.82) is 0 Å². The molecule has 0 saturated carbocycles. The average molecular weight is 298 g/mol. The quantitative estimate of drug-likeness (QED) is 0.624. The molecule has 22 heavy (non-hydrogen) atoms. The van der Waals surface area contributed by atoms with E-state index < -0.39 is 11.8 Å². The number of halogens is 1. The highest BCUT2D eigenvalue weighted by atomic mass is 19.1. The Bertz CT molecular complexity index is 765. The van der Waals surface area contributed by atoms with E-state index in [1.807, 2.05) is 13.0 Å². The van der Waals surface area contributed by atoms with Crippen LogP contribution in [0.1, 0.15) is 44.7 Å². The van der Waals surface area contributed by atoms with Gasteiger partial charge in [0.2, 0.25) is 0 Å². The first-order chi connectivity index (χ1) is 10.6. The summed E-state index contributed by atoms with van der Waals surface area (Å²) in [5, 5.41) is 0. The van der Waals surface area contributed by atoms with Crippen LogP contribution in [0, 0.1) is 12.7 Å². The van der Waals surface area contributed by atoms with Gasteiger partial charge in [0.25, 0.3) is 0 Å². The third-order valence-electron chi connectivity index (χ3n) is 3.91. The molecule has 0 amide bonds. The molecule has 2 aromatic rings. The fourth-order valence-electron chi connectivity index (χ4n) is 2.78. The van der Waals surface area contributed by atoms with E-state index in [4.69, 9.17) is 4.74 Å². The lowest BCUT2D eigenvalue weighted by Gasteiger charge is -2.20. The smallest absolute Gasteiger partial charge is 0.346 e. The zero-order valence-corrected chi connectivity index (χ0v) is 12.2. The molecule has 0 N–H and O–H groups in total. The Labute approximate surface area is 127 Å². The number of hydrogen-bond donors (Lipinski definition) is 0. The standard InChI is InChI=1S/C18H15FO3/c1-11-9-10-16(17-12(11)6-4-8-15(17)20)22-18(21)13-5-2-3-7-14(13)19/h2-3,5,7,9-10H,4,6,8H2,1H3. The van der Waals surface area contributed by atoms with Crippen LogP contribution in [0.3, 0.4) is 0 Å². The van der Waals surface area contributed by atoms with Crippen LogP contribution in [0.25, 0.3) is 0 Å². The Morgan fingerprint density at radius 1 is 1.14 bits per heavy atom. The second-order valence-electron chi connectivity index (χ2n) is 5.38. The number of aryl methyl sites for hydroxylation is 1. The maximum absolute atomic E-state index is 13.7. The van der Waals surface area contributed by atoms with Gasteiger partial charge in [0.1, 0.15) is 11.6 Å². The number of carbonyl (C=O) groups excluding carboxylic acids is 2. The second kappa shape index (κ2) is 5.72. The molecule has 1 aliphatic rings. The first-order valence-electron chi connectivity index (χ1n) is 7.20. The second-order valence-corrected chi connectivity index (χ2v) is 5.38. The highest BCUT2D eigenvalue weighted by Crippen LogP contribution is 2.32. The van der Waals surface area contributed by atoms with Crippen molar-refractivity contribution in [1.82, 2.24) is 0 Å². The first-order valence-corrected chi connectivity index (χ1v) is 7.20. The number of rotatable bonds is 2. The molecule has 0 radical (unpaired) electrons. The van der Waals surface area contributed by atoms with Crippen molar-refractivity contribution in [2.75, 3.05) is 0 Å². The van der Waals surface area contributed by atoms with Gasteiger partial charge < -0.3 is 4.74 Å². The van der Waals surface area contributed by atoms with Gasteiger partial charge in [-0.1, -0.05) is 18.2 Å². The minimum absolute atomic E-state index is 0.0266. The number of ketones is 1. The Balaban J connectivity index is 1.98. The first kappa shape index (κ1) is 14.4. The number of esters is 1. The molecule has 0 heterocycles. The third-order valence-corrected chi connectivity index (χ3v) is 3.91. The number of hydrogen-bond acceptors (Lipinski definition) is 3. The monoisotopic (exact) mass is 298 g/mol. The molecule has 3 nitrogen and oxygen atoms in total. The van der Waals surface area contributed by atoms with Crippen LogP contribution in [-0.2, 0) is 6.42 Å². The van der Waals surface area contributed by atoms with Crippen LogP contribution in [-0.4, -0.2) is 11.8 Å². The van der Waals surface area contributed by atoms with E-state index in [0.29, 0.717) is 12.0 Å². The fraction of sp³-hybridized carbons (Fsp3) is 0.222. The van der Waals surface area contributed by atoms with Crippen molar-refractivity contribution in [2.24, 2.45) is 0 Å². The third kappa shape index (κ3) is 2.52. The zero-order chi connectivity index (χ0) is 15.7. The molecule has 112 valence electrons. The molecule has 0 unspecified atom stereocenters. The van der Waals surface area contributed by atoms with Crippen LogP contribution in [0.5, 0.6) is 5.75 Å². The highest BCUT2D eigenvalue weighted by molar-refractivity contribution is 6.02. The summed E-state index contributed by atoms with van der Waals surface area (Å²) < 4.78 is 19.0. The van der Waals surface area contributed by atoms with E-state index in [1.54, 1.807) is 12.1 Å². The molecule has 0 saturated heterocycles. The lowest BCUT2D eigenvalue weighted by atomic mass is 9.87. The molecular weight excluding hydrogens is 283 g/mol. The predicted octanol–water partition coefficient (Wildman–Crippen LogP) is 3.87. The van der Waals surface area contributed by atoms with Crippen molar-refractivity contribution in [2.45, 2.75) is 26.2 Å². The normalized spacial score (nSPS) is 13.6. The molecule has 1 aliphatic carbocycles. The van der Waals surface area contributed by atoms with Crippen LogP contribution < -0.4 is 4.74 Å². The summed E-state index contributed by atoms with van der Waals surface area (Å²) in [6, 6.07) is 9.06. The van der Waals surface area contributed by atoms with Crippen molar-refractivity contribution < 1.29 is 18.7 Å². The summed E-state index contributed by atoms with van der Waals surface area (Å²) in [5.41, 5.74) is 2.26. The molecule has 0 aliphatic heterocycles. The maximum atomic E-state index is 13.7. The Hall–Kier alpha value is -2.49. The largest absolute Gasteiger partial charge is 0.422 e. The van der Waals surface area contributed by atoms with Crippen molar-refractivity contribution in [3.8, 4) is 5.75 Å². The minimum Gasteiger partial charge on any atom is -0.422 e. The fourth-order valence-corrected chi connectivity index (χ4v) is 2.78. The van der Waals surface area contributed by atoms with Crippen LogP contribution in [0.2, 0.25) is 0 Å². The van der Waals surface area contributed by atoms with Crippen LogP contribution in [0.4, 0.5) is 4.39 Å². The molecule has 4 heteroatoms. The lowest BCUT2D eigenvalue weighted by molar-refractivity contribution is 0.0727. The molecule has 0 bridgehead atoms.